The van der Waals surface area contributed by atoms with Gasteiger partial charge in [-0.1, -0.05) is 36.4 Å². The zero-order chi connectivity index (χ0) is 20.2. The predicted octanol–water partition coefficient (Wildman–Crippen LogP) is 4.34. The van der Waals surface area contributed by atoms with Crippen LogP contribution in [0.2, 0.25) is 0 Å². The van der Waals surface area contributed by atoms with Gasteiger partial charge in [0, 0.05) is 24.9 Å². The van der Waals surface area contributed by atoms with Crippen molar-refractivity contribution < 1.29 is 4.39 Å². The largest absolute Gasteiger partial charge is 0.300 e. The third kappa shape index (κ3) is 4.30. The van der Waals surface area contributed by atoms with Crippen molar-refractivity contribution in [2.45, 2.75) is 31.7 Å². The summed E-state index contributed by atoms with van der Waals surface area (Å²) in [5, 5.41) is 6.40. The molecule has 0 N–H and O–H groups in total. The molecule has 1 aliphatic rings. The second-order valence-electron chi connectivity index (χ2n) is 7.72. The predicted molar refractivity (Wildman–Crippen MR) is 115 cm³/mol. The molecule has 1 aliphatic heterocycles. The monoisotopic (exact) mass is 391 g/mol. The van der Waals surface area contributed by atoms with Crippen molar-refractivity contribution >= 4 is 10.8 Å². The normalized spacial score (nSPS) is 17.9. The molecule has 4 nitrogen and oxygen atoms in total. The Balaban J connectivity index is 1.72. The number of rotatable bonds is 5. The van der Waals surface area contributed by atoms with Crippen LogP contribution in [-0.2, 0) is 6.42 Å². The summed E-state index contributed by atoms with van der Waals surface area (Å²) in [5.41, 5.74) is 1.82. The molecular weight excluding hydrogens is 365 g/mol. The lowest BCUT2D eigenvalue weighted by Crippen LogP contribution is -2.30. The zero-order valence-electron chi connectivity index (χ0n) is 16.6. The molecule has 0 radical (unpaired) electrons. The lowest BCUT2D eigenvalue weighted by molar-refractivity contribution is 0.306. The summed E-state index contributed by atoms with van der Waals surface area (Å²) in [7, 11) is 0. The lowest BCUT2D eigenvalue weighted by atomic mass is 10.0. The van der Waals surface area contributed by atoms with Crippen LogP contribution in [0.1, 0.15) is 36.6 Å². The first-order valence-electron chi connectivity index (χ1n) is 10.2. The van der Waals surface area contributed by atoms with E-state index in [1.54, 1.807) is 16.8 Å². The van der Waals surface area contributed by atoms with Crippen molar-refractivity contribution in [3.63, 3.8) is 0 Å². The van der Waals surface area contributed by atoms with Gasteiger partial charge in [-0.15, -0.1) is 6.58 Å². The van der Waals surface area contributed by atoms with Crippen LogP contribution in [0.15, 0.2) is 66.0 Å². The molecule has 1 saturated heterocycles. The van der Waals surface area contributed by atoms with E-state index in [4.69, 9.17) is 5.10 Å². The van der Waals surface area contributed by atoms with Crippen molar-refractivity contribution in [2.75, 3.05) is 19.6 Å². The average Bonchev–Trinajstić information content (AvgIpc) is 2.98. The zero-order valence-corrected chi connectivity index (χ0v) is 16.6. The maximum atomic E-state index is 13.3. The number of likely N-dealkylation sites (tertiary alicyclic amines) is 1. The van der Waals surface area contributed by atoms with Gasteiger partial charge in [0.1, 0.15) is 5.82 Å². The standard InChI is InChI=1S/C24H26FN3O/c1-2-14-27-15-5-6-20(13-16-27)28-24(29)22-8-4-3-7-21(22)23(26-28)17-18-9-11-19(25)12-10-18/h2-4,7-12,20H,1,5-6,13-17H2. The van der Waals surface area contributed by atoms with Crippen LogP contribution in [0.25, 0.3) is 10.8 Å². The minimum absolute atomic E-state index is 0.0226. The van der Waals surface area contributed by atoms with Crippen molar-refractivity contribution in [1.82, 2.24) is 14.7 Å². The smallest absolute Gasteiger partial charge is 0.274 e. The Kier molecular flexibility index (Phi) is 5.86. The van der Waals surface area contributed by atoms with Crippen LogP contribution in [0.5, 0.6) is 0 Å². The van der Waals surface area contributed by atoms with Gasteiger partial charge < -0.3 is 0 Å². The molecule has 3 aromatic rings. The van der Waals surface area contributed by atoms with Crippen LogP contribution < -0.4 is 5.56 Å². The molecule has 1 aromatic heterocycles. The first-order chi connectivity index (χ1) is 14.2. The third-order valence-corrected chi connectivity index (χ3v) is 5.71. The molecule has 4 rings (SSSR count). The number of aromatic nitrogens is 2. The summed E-state index contributed by atoms with van der Waals surface area (Å²) < 4.78 is 15.0. The van der Waals surface area contributed by atoms with E-state index in [0.717, 1.165) is 55.5 Å². The van der Waals surface area contributed by atoms with E-state index in [2.05, 4.69) is 11.5 Å². The molecule has 0 aliphatic carbocycles. The fourth-order valence-corrected chi connectivity index (χ4v) is 4.20. The number of fused-ring (bicyclic) bond motifs is 1. The Morgan fingerprint density at radius 2 is 1.83 bits per heavy atom. The van der Waals surface area contributed by atoms with Gasteiger partial charge in [-0.05, 0) is 49.6 Å². The van der Waals surface area contributed by atoms with Gasteiger partial charge in [0.05, 0.1) is 17.1 Å². The number of halogens is 1. The average molecular weight is 391 g/mol. The van der Waals surface area contributed by atoms with E-state index >= 15 is 0 Å². The molecule has 150 valence electrons. The second-order valence-corrected chi connectivity index (χ2v) is 7.72. The Morgan fingerprint density at radius 3 is 2.59 bits per heavy atom. The van der Waals surface area contributed by atoms with Crippen LogP contribution in [0.4, 0.5) is 4.39 Å². The van der Waals surface area contributed by atoms with E-state index in [0.29, 0.717) is 11.8 Å². The van der Waals surface area contributed by atoms with Crippen LogP contribution in [0.3, 0.4) is 0 Å². The molecule has 0 bridgehead atoms. The molecule has 0 amide bonds. The SMILES string of the molecule is C=CCN1CCCC(n2nc(Cc3ccc(F)cc3)c3ccccc3c2=O)CC1. The second kappa shape index (κ2) is 8.70. The number of hydrogen-bond donors (Lipinski definition) is 0. The Labute approximate surface area is 170 Å². The highest BCUT2D eigenvalue weighted by atomic mass is 19.1. The van der Waals surface area contributed by atoms with E-state index in [-0.39, 0.29) is 17.4 Å². The minimum Gasteiger partial charge on any atom is -0.300 e. The fraction of sp³-hybridized carbons (Fsp3) is 0.333. The van der Waals surface area contributed by atoms with Gasteiger partial charge in [-0.3, -0.25) is 9.69 Å². The molecular formula is C24H26FN3O. The van der Waals surface area contributed by atoms with Gasteiger partial charge >= 0.3 is 0 Å². The Hall–Kier alpha value is -2.79. The van der Waals surface area contributed by atoms with Crippen molar-refractivity contribution in [2.24, 2.45) is 0 Å². The van der Waals surface area contributed by atoms with Gasteiger partial charge in [-0.2, -0.15) is 5.10 Å². The molecule has 5 heteroatoms. The van der Waals surface area contributed by atoms with E-state index in [1.165, 1.54) is 12.1 Å². The maximum absolute atomic E-state index is 13.3. The fourth-order valence-electron chi connectivity index (χ4n) is 4.20. The molecule has 0 spiro atoms. The van der Waals surface area contributed by atoms with Gasteiger partial charge in [-0.25, -0.2) is 9.07 Å². The first-order valence-corrected chi connectivity index (χ1v) is 10.2. The highest BCUT2D eigenvalue weighted by Crippen LogP contribution is 2.23. The summed E-state index contributed by atoms with van der Waals surface area (Å²) in [6.45, 7) is 6.67. The summed E-state index contributed by atoms with van der Waals surface area (Å²) in [4.78, 5) is 15.6. The minimum atomic E-state index is -0.251. The number of nitrogens with zero attached hydrogens (tertiary/aromatic N) is 3. The van der Waals surface area contributed by atoms with E-state index in [1.807, 2.05) is 30.3 Å². The van der Waals surface area contributed by atoms with Crippen LogP contribution in [-0.4, -0.2) is 34.3 Å². The van der Waals surface area contributed by atoms with Gasteiger partial charge in [0.25, 0.3) is 5.56 Å². The van der Waals surface area contributed by atoms with E-state index in [9.17, 15) is 9.18 Å². The van der Waals surface area contributed by atoms with E-state index < -0.39 is 0 Å². The Bertz CT molecular complexity index is 1060. The van der Waals surface area contributed by atoms with Crippen molar-refractivity contribution in [3.05, 3.63) is 88.6 Å². The van der Waals surface area contributed by atoms with Crippen LogP contribution in [0, 0.1) is 5.82 Å². The number of benzene rings is 2. The van der Waals surface area contributed by atoms with Crippen molar-refractivity contribution in [1.29, 1.82) is 0 Å². The Morgan fingerprint density at radius 1 is 1.07 bits per heavy atom. The molecule has 1 atom stereocenters. The summed E-state index contributed by atoms with van der Waals surface area (Å²) in [6.07, 6.45) is 5.37. The summed E-state index contributed by atoms with van der Waals surface area (Å²) in [5.74, 6) is -0.251. The van der Waals surface area contributed by atoms with Crippen LogP contribution >= 0.6 is 0 Å². The number of hydrogen-bond acceptors (Lipinski definition) is 3. The molecule has 2 aromatic carbocycles. The topological polar surface area (TPSA) is 38.1 Å². The molecule has 29 heavy (non-hydrogen) atoms. The lowest BCUT2D eigenvalue weighted by Gasteiger charge is -2.20. The summed E-state index contributed by atoms with van der Waals surface area (Å²) >= 11 is 0. The highest BCUT2D eigenvalue weighted by molar-refractivity contribution is 5.83. The molecule has 2 heterocycles. The maximum Gasteiger partial charge on any atom is 0.274 e. The van der Waals surface area contributed by atoms with Gasteiger partial charge in [0.2, 0.25) is 0 Å². The first kappa shape index (κ1) is 19.5. The molecule has 1 unspecified atom stereocenters. The molecule has 1 fully saturated rings. The van der Waals surface area contributed by atoms with Gasteiger partial charge in [0.15, 0.2) is 0 Å². The van der Waals surface area contributed by atoms with Crippen molar-refractivity contribution in [3.8, 4) is 0 Å². The third-order valence-electron chi connectivity index (χ3n) is 5.71. The molecule has 0 saturated carbocycles. The quantitative estimate of drug-likeness (QED) is 0.607. The summed E-state index contributed by atoms with van der Waals surface area (Å²) in [6, 6.07) is 14.2. The highest BCUT2D eigenvalue weighted by Gasteiger charge is 2.21.